The largest absolute Gasteiger partial charge is 0.457 e. The van der Waals surface area contributed by atoms with E-state index in [1.807, 2.05) is 32.2 Å². The Morgan fingerprint density at radius 2 is 1.86 bits per heavy atom. The zero-order valence-corrected chi connectivity index (χ0v) is 23.5. The number of cyclic esters (lactones) is 1. The van der Waals surface area contributed by atoms with Crippen molar-refractivity contribution in [2.75, 3.05) is 0 Å². The Kier molecular flexibility index (Phi) is 8.04. The number of carbonyl (C=O) groups is 2. The fraction of sp³-hybridized carbons (Fsp3) is 0.750. The summed E-state index contributed by atoms with van der Waals surface area (Å²) < 4.78 is 11.9. The Hall–Kier alpha value is -1.65. The minimum atomic E-state index is -2.00. The Morgan fingerprint density at radius 1 is 1.16 bits per heavy atom. The molecule has 0 radical (unpaired) electrons. The molecule has 3 heterocycles. The van der Waals surface area contributed by atoms with Crippen LogP contribution in [0.4, 0.5) is 0 Å². The van der Waals surface area contributed by atoms with Crippen LogP contribution in [0.3, 0.4) is 0 Å². The molecule has 206 valence electrons. The number of aryl methyl sites for hydroxylation is 1. The Bertz CT molecular complexity index is 1050. The first-order valence-electron chi connectivity index (χ1n) is 13.4. The van der Waals surface area contributed by atoms with E-state index in [0.29, 0.717) is 6.42 Å². The Morgan fingerprint density at radius 3 is 2.49 bits per heavy atom. The van der Waals surface area contributed by atoms with Crippen molar-refractivity contribution in [1.29, 1.82) is 0 Å². The van der Waals surface area contributed by atoms with Crippen LogP contribution in [-0.2, 0) is 19.1 Å². The van der Waals surface area contributed by atoms with Crippen LogP contribution in [0.2, 0.25) is 0 Å². The fourth-order valence-corrected chi connectivity index (χ4v) is 6.75. The number of thiazole rings is 1. The second-order valence-corrected chi connectivity index (χ2v) is 12.9. The summed E-state index contributed by atoms with van der Waals surface area (Å²) in [5.41, 5.74) is -1.87. The van der Waals surface area contributed by atoms with Crippen LogP contribution in [0.25, 0.3) is 6.08 Å². The number of hydrogen-bond donors (Lipinski definition) is 3. The van der Waals surface area contributed by atoms with Gasteiger partial charge in [-0.05, 0) is 64.5 Å². The van der Waals surface area contributed by atoms with Gasteiger partial charge in [-0.25, -0.2) is 4.98 Å². The summed E-state index contributed by atoms with van der Waals surface area (Å²) in [6, 6.07) is 0. The molecule has 0 bridgehead atoms. The van der Waals surface area contributed by atoms with Crippen molar-refractivity contribution in [3.8, 4) is 0 Å². The van der Waals surface area contributed by atoms with Gasteiger partial charge in [-0.3, -0.25) is 9.59 Å². The molecule has 0 amide bonds. The molecule has 0 spiro atoms. The summed E-state index contributed by atoms with van der Waals surface area (Å²) in [5, 5.41) is 36.2. The Balaban J connectivity index is 1.65. The second kappa shape index (κ2) is 10.5. The number of ketones is 1. The average molecular weight is 536 g/mol. The first-order valence-corrected chi connectivity index (χ1v) is 14.2. The lowest BCUT2D eigenvalue weighted by atomic mass is 9.52. The van der Waals surface area contributed by atoms with Gasteiger partial charge < -0.3 is 24.8 Å². The molecular weight excluding hydrogens is 494 g/mol. The van der Waals surface area contributed by atoms with Gasteiger partial charge in [0.25, 0.3) is 0 Å². The summed E-state index contributed by atoms with van der Waals surface area (Å²) in [6.07, 6.45) is 2.07. The minimum absolute atomic E-state index is 0.00268. The van der Waals surface area contributed by atoms with E-state index in [2.05, 4.69) is 4.98 Å². The second-order valence-electron chi connectivity index (χ2n) is 11.9. The first kappa shape index (κ1) is 28.4. The van der Waals surface area contributed by atoms with Gasteiger partial charge in [0.15, 0.2) is 0 Å². The fourth-order valence-electron chi connectivity index (χ4n) is 6.18. The number of aliphatic hydroxyl groups is 3. The lowest BCUT2D eigenvalue weighted by molar-refractivity contribution is -0.250. The van der Waals surface area contributed by atoms with Crippen molar-refractivity contribution in [2.45, 2.75) is 110 Å². The highest BCUT2D eigenvalue weighted by Crippen LogP contribution is 2.53. The van der Waals surface area contributed by atoms with Gasteiger partial charge in [-0.15, -0.1) is 11.3 Å². The van der Waals surface area contributed by atoms with E-state index in [1.54, 1.807) is 32.1 Å². The van der Waals surface area contributed by atoms with Crippen molar-refractivity contribution in [3.05, 3.63) is 21.7 Å². The molecular formula is C28H41NO7S. The zero-order valence-electron chi connectivity index (χ0n) is 22.6. The summed E-state index contributed by atoms with van der Waals surface area (Å²) >= 11 is 1.54. The molecule has 0 aromatic carbocycles. The highest BCUT2D eigenvalue weighted by Gasteiger charge is 2.68. The zero-order chi connectivity index (χ0) is 27.3. The number of hydrogen-bond acceptors (Lipinski definition) is 9. The molecule has 2 aliphatic heterocycles. The van der Waals surface area contributed by atoms with E-state index < -0.39 is 47.1 Å². The van der Waals surface area contributed by atoms with Crippen LogP contribution in [-0.4, -0.2) is 68.2 Å². The molecule has 1 saturated carbocycles. The molecule has 3 fully saturated rings. The molecule has 3 N–H and O–H groups in total. The molecule has 4 rings (SSSR count). The lowest BCUT2D eigenvalue weighted by Gasteiger charge is -2.56. The van der Waals surface area contributed by atoms with Crippen molar-refractivity contribution >= 4 is 29.2 Å². The van der Waals surface area contributed by atoms with Crippen molar-refractivity contribution in [1.82, 2.24) is 4.98 Å². The van der Waals surface area contributed by atoms with Gasteiger partial charge in [-0.2, -0.15) is 0 Å². The van der Waals surface area contributed by atoms with E-state index in [4.69, 9.17) is 9.47 Å². The molecule has 2 unspecified atom stereocenters. The number of Topliss-reactive ketones (excluding diaryl/α,β-unsaturated/α-hetero) is 1. The number of nitrogens with zero attached hydrogens (tertiary/aromatic N) is 1. The third-order valence-electron chi connectivity index (χ3n) is 8.97. The SMILES string of the molecule is C/C(=C\c1csc(C)n1)[C@@H]1C[C@@H]2O[C@@H]2CCC[C@H](C)[C@H](O)[C@@H](C)C(=O)C(C)(C)[C@]2(O)C(O)CC2C(=O)O1. The van der Waals surface area contributed by atoms with Gasteiger partial charge >= 0.3 is 5.97 Å². The van der Waals surface area contributed by atoms with Gasteiger partial charge in [-0.1, -0.05) is 20.3 Å². The minimum Gasteiger partial charge on any atom is -0.457 e. The van der Waals surface area contributed by atoms with Crippen LogP contribution in [0, 0.1) is 30.1 Å². The average Bonchev–Trinajstić information content (AvgIpc) is 3.46. The molecule has 2 saturated heterocycles. The molecule has 1 aromatic rings. The molecule has 37 heavy (non-hydrogen) atoms. The number of ether oxygens (including phenoxy) is 2. The van der Waals surface area contributed by atoms with E-state index >= 15 is 0 Å². The van der Waals surface area contributed by atoms with Crippen molar-refractivity contribution in [3.63, 3.8) is 0 Å². The van der Waals surface area contributed by atoms with Gasteiger partial charge in [0.1, 0.15) is 17.5 Å². The van der Waals surface area contributed by atoms with E-state index in [-0.39, 0.29) is 30.3 Å². The third kappa shape index (κ3) is 5.30. The summed E-state index contributed by atoms with van der Waals surface area (Å²) in [6.45, 7) is 10.5. The molecule has 1 aliphatic carbocycles. The summed E-state index contributed by atoms with van der Waals surface area (Å²) in [7, 11) is 0. The molecule has 3 aliphatic rings. The number of epoxide rings is 1. The van der Waals surface area contributed by atoms with Crippen molar-refractivity contribution < 1.29 is 34.4 Å². The first-order chi connectivity index (χ1) is 17.3. The van der Waals surface area contributed by atoms with E-state index in [0.717, 1.165) is 35.5 Å². The molecule has 1 aromatic heterocycles. The maximum absolute atomic E-state index is 13.6. The van der Waals surface area contributed by atoms with Crippen LogP contribution in [0.5, 0.6) is 0 Å². The number of aliphatic hydroxyl groups excluding tert-OH is 2. The highest BCUT2D eigenvalue weighted by atomic mass is 32.1. The molecule has 8 nitrogen and oxygen atoms in total. The maximum Gasteiger partial charge on any atom is 0.312 e. The smallest absolute Gasteiger partial charge is 0.312 e. The number of esters is 1. The van der Waals surface area contributed by atoms with Gasteiger partial charge in [0.05, 0.1) is 46.5 Å². The molecule has 9 atom stereocenters. The number of carbonyl (C=O) groups excluding carboxylic acids is 2. The highest BCUT2D eigenvalue weighted by molar-refractivity contribution is 7.09. The molecule has 9 heteroatoms. The normalized spacial score (nSPS) is 41.3. The van der Waals surface area contributed by atoms with Gasteiger partial charge in [0, 0.05) is 17.7 Å². The van der Waals surface area contributed by atoms with Crippen LogP contribution >= 0.6 is 11.3 Å². The topological polar surface area (TPSA) is 129 Å². The lowest BCUT2D eigenvalue weighted by Crippen LogP contribution is -2.72. The van der Waals surface area contributed by atoms with Gasteiger partial charge in [0.2, 0.25) is 0 Å². The van der Waals surface area contributed by atoms with Crippen LogP contribution in [0.15, 0.2) is 11.0 Å². The number of rotatable bonds is 2. The van der Waals surface area contributed by atoms with Crippen LogP contribution < -0.4 is 0 Å². The predicted molar refractivity (Wildman–Crippen MR) is 140 cm³/mol. The maximum atomic E-state index is 13.6. The predicted octanol–water partition coefficient (Wildman–Crippen LogP) is 3.45. The van der Waals surface area contributed by atoms with Crippen molar-refractivity contribution in [2.24, 2.45) is 23.2 Å². The summed E-state index contributed by atoms with van der Waals surface area (Å²) in [5.74, 6) is -2.98. The van der Waals surface area contributed by atoms with E-state index in [1.165, 1.54) is 0 Å². The standard InChI is InChI=1S/C28H41NO7S/c1-14-8-7-9-20-22(35-20)12-21(15(2)10-18-13-37-17(4)29-18)36-26(33)19-11-23(30)28(19,34)27(5,6)25(32)16(3)24(14)31/h10,13-14,16,19-24,30-31,34H,7-9,11-12H2,1-6H3/b15-10+/t14-,16+,19?,20+,21-,22-,23?,24-,28+/m0/s1. The summed E-state index contributed by atoms with van der Waals surface area (Å²) in [4.78, 5) is 31.5. The number of fused-ring (bicyclic) bond motifs is 2. The quantitative estimate of drug-likeness (QED) is 0.388. The number of aromatic nitrogens is 1. The Labute approximate surface area is 223 Å². The third-order valence-corrected chi connectivity index (χ3v) is 9.76. The van der Waals surface area contributed by atoms with E-state index in [9.17, 15) is 24.9 Å². The van der Waals surface area contributed by atoms with Crippen LogP contribution in [0.1, 0.15) is 77.4 Å². The monoisotopic (exact) mass is 535 g/mol.